The van der Waals surface area contributed by atoms with Crippen LogP contribution >= 0.6 is 0 Å². The molecule has 1 aliphatic rings. The number of carboxylic acid groups (broad SMARTS) is 1. The van der Waals surface area contributed by atoms with Crippen molar-refractivity contribution < 1.29 is 27.9 Å². The van der Waals surface area contributed by atoms with Crippen molar-refractivity contribution in [3.05, 3.63) is 59.8 Å². The number of hydrogen-bond donors (Lipinski definition) is 3. The van der Waals surface area contributed by atoms with Gasteiger partial charge in [0.2, 0.25) is 5.91 Å². The van der Waals surface area contributed by atoms with Crippen LogP contribution in [0.5, 0.6) is 0 Å². The zero-order chi connectivity index (χ0) is 24.2. The molecule has 1 atom stereocenters. The van der Waals surface area contributed by atoms with Gasteiger partial charge in [0.15, 0.2) is 0 Å². The molecule has 8 nitrogen and oxygen atoms in total. The molecule has 0 aliphatic carbocycles. The van der Waals surface area contributed by atoms with Gasteiger partial charge in [0.1, 0.15) is 6.04 Å². The molecule has 4 rings (SSSR count). The number of aryl methyl sites for hydroxylation is 1. The first kappa shape index (κ1) is 24.1. The highest BCUT2D eigenvalue weighted by molar-refractivity contribution is 5.84. The fourth-order valence-corrected chi connectivity index (χ4v) is 3.42. The van der Waals surface area contributed by atoms with E-state index in [9.17, 15) is 18.0 Å². The summed E-state index contributed by atoms with van der Waals surface area (Å²) in [6.45, 7) is 4.99. The number of carbonyl (C=O) groups excluding carboxylic acids is 1. The number of amides is 1. The highest BCUT2D eigenvalue weighted by Gasteiger charge is 2.38. The smallest absolute Gasteiger partial charge is 0.475 e. The number of nitrogens with one attached hydrogen (secondary N) is 1. The van der Waals surface area contributed by atoms with Gasteiger partial charge in [0, 0.05) is 37.3 Å². The summed E-state index contributed by atoms with van der Waals surface area (Å²) in [5.41, 5.74) is 10.4. The molecule has 2 heterocycles. The van der Waals surface area contributed by atoms with Crippen LogP contribution in [0.4, 0.5) is 18.9 Å². The van der Waals surface area contributed by atoms with Crippen LogP contribution < -0.4 is 10.6 Å². The van der Waals surface area contributed by atoms with Crippen LogP contribution in [0.2, 0.25) is 0 Å². The highest BCUT2D eigenvalue weighted by Crippen LogP contribution is 2.23. The molecule has 1 fully saturated rings. The number of aromatic nitrogens is 2. The monoisotopic (exact) mass is 463 g/mol. The number of aromatic amines is 1. The average molecular weight is 463 g/mol. The Morgan fingerprint density at radius 1 is 1.09 bits per heavy atom. The number of carbonyl (C=O) groups is 2. The van der Waals surface area contributed by atoms with Crippen LogP contribution in [-0.2, 0) is 9.59 Å². The van der Waals surface area contributed by atoms with Crippen LogP contribution in [0.25, 0.3) is 10.9 Å². The van der Waals surface area contributed by atoms with Gasteiger partial charge in [-0.05, 0) is 30.7 Å². The molecule has 1 aliphatic heterocycles. The molecule has 2 aromatic carbocycles. The Kier molecular flexibility index (Phi) is 7.22. The Morgan fingerprint density at radius 3 is 2.27 bits per heavy atom. The van der Waals surface area contributed by atoms with E-state index in [1.54, 1.807) is 0 Å². The maximum absolute atomic E-state index is 12.7. The summed E-state index contributed by atoms with van der Waals surface area (Å²) in [5, 5.41) is 15.3. The van der Waals surface area contributed by atoms with Crippen molar-refractivity contribution in [2.75, 3.05) is 31.1 Å². The third-order valence-corrected chi connectivity index (χ3v) is 5.33. The first-order valence-electron chi connectivity index (χ1n) is 10.2. The highest BCUT2D eigenvalue weighted by atomic mass is 19.4. The lowest BCUT2D eigenvalue weighted by Gasteiger charge is -2.37. The van der Waals surface area contributed by atoms with E-state index in [0.29, 0.717) is 13.1 Å². The van der Waals surface area contributed by atoms with Crippen molar-refractivity contribution in [2.45, 2.75) is 19.1 Å². The van der Waals surface area contributed by atoms with E-state index < -0.39 is 18.2 Å². The number of benzene rings is 2. The summed E-state index contributed by atoms with van der Waals surface area (Å²) in [6.07, 6.45) is -3.25. The minimum Gasteiger partial charge on any atom is -0.475 e. The summed E-state index contributed by atoms with van der Waals surface area (Å²) >= 11 is 0. The molecule has 0 radical (unpaired) electrons. The van der Waals surface area contributed by atoms with E-state index in [1.807, 2.05) is 48.4 Å². The van der Waals surface area contributed by atoms with Crippen molar-refractivity contribution in [3.8, 4) is 0 Å². The van der Waals surface area contributed by atoms with E-state index in [1.165, 1.54) is 0 Å². The lowest BCUT2D eigenvalue weighted by Crippen LogP contribution is -2.51. The second-order valence-electron chi connectivity index (χ2n) is 7.65. The number of aliphatic carboxylic acids is 1. The zero-order valence-corrected chi connectivity index (χ0v) is 17.8. The molecule has 3 aromatic rings. The summed E-state index contributed by atoms with van der Waals surface area (Å²) < 4.78 is 31.7. The zero-order valence-electron chi connectivity index (χ0n) is 17.8. The topological polar surface area (TPSA) is 116 Å². The van der Waals surface area contributed by atoms with Crippen LogP contribution in [-0.4, -0.2) is 64.4 Å². The van der Waals surface area contributed by atoms with Gasteiger partial charge in [0.25, 0.3) is 0 Å². The van der Waals surface area contributed by atoms with Gasteiger partial charge in [-0.25, -0.2) is 4.79 Å². The minimum absolute atomic E-state index is 0.00112. The molecule has 0 spiro atoms. The number of alkyl halides is 3. The van der Waals surface area contributed by atoms with E-state index >= 15 is 0 Å². The number of rotatable bonds is 3. The van der Waals surface area contributed by atoms with E-state index in [4.69, 9.17) is 15.6 Å². The second-order valence-corrected chi connectivity index (χ2v) is 7.65. The molecule has 1 unspecified atom stereocenters. The van der Waals surface area contributed by atoms with Crippen LogP contribution in [0.1, 0.15) is 17.2 Å². The van der Waals surface area contributed by atoms with Crippen LogP contribution in [0, 0.1) is 6.92 Å². The van der Waals surface area contributed by atoms with Crippen molar-refractivity contribution >= 4 is 28.5 Å². The Morgan fingerprint density at radius 2 is 1.70 bits per heavy atom. The fraction of sp³-hybridized carbons (Fsp3) is 0.318. The average Bonchev–Trinajstić information content (AvgIpc) is 3.26. The van der Waals surface area contributed by atoms with Gasteiger partial charge in [-0.1, -0.05) is 29.8 Å². The Bertz CT molecular complexity index is 1110. The number of nitrogens with two attached hydrogens (primary N) is 1. The van der Waals surface area contributed by atoms with Gasteiger partial charge in [-0.3, -0.25) is 9.89 Å². The fourth-order valence-electron chi connectivity index (χ4n) is 3.42. The number of halogens is 3. The molecule has 1 amide bonds. The van der Waals surface area contributed by atoms with Crippen LogP contribution in [0.15, 0.2) is 48.7 Å². The van der Waals surface area contributed by atoms with Crippen LogP contribution in [0.3, 0.4) is 0 Å². The van der Waals surface area contributed by atoms with Gasteiger partial charge < -0.3 is 20.6 Å². The van der Waals surface area contributed by atoms with Crippen molar-refractivity contribution in [2.24, 2.45) is 5.73 Å². The molecule has 33 heavy (non-hydrogen) atoms. The second kappa shape index (κ2) is 9.90. The largest absolute Gasteiger partial charge is 0.490 e. The summed E-state index contributed by atoms with van der Waals surface area (Å²) in [7, 11) is 0. The standard InChI is InChI=1S/C20H23N5O.C2HF3O2/c1-14-2-4-15(5-3-14)19(21)20(26)25-10-8-24(9-11-25)17-6-7-18-16(12-17)13-22-23-18;3-2(4,5)1(6)7/h2-7,12-13,19H,8-11,21H2,1H3,(H,22,23);(H,6,7). The number of H-pyrrole nitrogens is 1. The first-order chi connectivity index (χ1) is 15.6. The number of anilines is 1. The summed E-state index contributed by atoms with van der Waals surface area (Å²) in [6, 6.07) is 13.5. The number of nitrogens with zero attached hydrogens (tertiary/aromatic N) is 3. The lowest BCUT2D eigenvalue weighted by atomic mass is 10.0. The Labute approximate surface area is 187 Å². The molecular weight excluding hydrogens is 439 g/mol. The molecule has 11 heteroatoms. The molecular formula is C22H24F3N5O3. The lowest BCUT2D eigenvalue weighted by molar-refractivity contribution is -0.192. The van der Waals surface area contributed by atoms with Gasteiger partial charge in [0.05, 0.1) is 11.7 Å². The first-order valence-corrected chi connectivity index (χ1v) is 10.2. The maximum Gasteiger partial charge on any atom is 0.490 e. The van der Waals surface area contributed by atoms with Crippen molar-refractivity contribution in [1.82, 2.24) is 15.1 Å². The van der Waals surface area contributed by atoms with Gasteiger partial charge >= 0.3 is 12.1 Å². The van der Waals surface area contributed by atoms with Crippen molar-refractivity contribution in [1.29, 1.82) is 0 Å². The molecule has 176 valence electrons. The Balaban J connectivity index is 0.000000383. The third-order valence-electron chi connectivity index (χ3n) is 5.33. The summed E-state index contributed by atoms with van der Waals surface area (Å²) in [5.74, 6) is -2.76. The predicted molar refractivity (Wildman–Crippen MR) is 117 cm³/mol. The summed E-state index contributed by atoms with van der Waals surface area (Å²) in [4.78, 5) is 25.8. The van der Waals surface area contributed by atoms with E-state index in [0.717, 1.165) is 40.8 Å². The van der Waals surface area contributed by atoms with Gasteiger partial charge in [-0.2, -0.15) is 18.3 Å². The molecule has 0 bridgehead atoms. The number of piperazine rings is 1. The number of fused-ring (bicyclic) bond motifs is 1. The Hall–Kier alpha value is -3.60. The molecule has 0 saturated carbocycles. The number of hydrogen-bond acceptors (Lipinski definition) is 5. The normalized spacial score (nSPS) is 15.1. The van der Waals surface area contributed by atoms with Gasteiger partial charge in [-0.15, -0.1) is 0 Å². The quantitative estimate of drug-likeness (QED) is 0.550. The van der Waals surface area contributed by atoms with E-state index in [-0.39, 0.29) is 5.91 Å². The third kappa shape index (κ3) is 6.01. The SMILES string of the molecule is Cc1ccc(C(N)C(=O)N2CCN(c3ccc4[nH]ncc4c3)CC2)cc1.O=C(O)C(F)(F)F. The maximum atomic E-state index is 12.7. The molecule has 1 saturated heterocycles. The molecule has 1 aromatic heterocycles. The molecule has 4 N–H and O–H groups in total. The number of carboxylic acids is 1. The predicted octanol–water partition coefficient (Wildman–Crippen LogP) is 2.85. The minimum atomic E-state index is -5.08. The van der Waals surface area contributed by atoms with Crippen molar-refractivity contribution in [3.63, 3.8) is 0 Å². The van der Waals surface area contributed by atoms with E-state index in [2.05, 4.69) is 27.2 Å².